The van der Waals surface area contributed by atoms with Crippen LogP contribution in [0.1, 0.15) is 5.56 Å². The zero-order valence-electron chi connectivity index (χ0n) is 7.92. The number of nitrogens with zero attached hydrogens (tertiary/aromatic N) is 1. The molecule has 4 nitrogen and oxygen atoms in total. The van der Waals surface area contributed by atoms with Crippen molar-refractivity contribution in [3.05, 3.63) is 22.8 Å². The monoisotopic (exact) mass is 283 g/mol. The predicted molar refractivity (Wildman–Crippen MR) is 51.4 cm³/mol. The Labute approximate surface area is 116 Å². The number of aromatic nitrogens is 1. The van der Waals surface area contributed by atoms with Crippen LogP contribution in [0.2, 0.25) is 5.15 Å². The van der Waals surface area contributed by atoms with E-state index in [0.29, 0.717) is 12.1 Å². The molecule has 0 aromatic carbocycles. The van der Waals surface area contributed by atoms with Gasteiger partial charge in [-0.05, 0) is 12.1 Å². The van der Waals surface area contributed by atoms with E-state index in [0.717, 1.165) is 0 Å². The minimum Gasteiger partial charge on any atom is -0.223 e. The fraction of sp³-hybridized carbons (Fsp3) is 0.167. The Bertz CT molecular complexity index is 491. The Morgan fingerprint density at radius 3 is 2.19 bits per heavy atom. The minimum absolute atomic E-state index is 0. The Kier molecular flexibility index (Phi) is 5.24. The van der Waals surface area contributed by atoms with E-state index in [1.807, 2.05) is 0 Å². The number of pyridine rings is 1. The third-order valence-electron chi connectivity index (χ3n) is 1.39. The number of nitrogens with two attached hydrogens (primary N) is 1. The summed E-state index contributed by atoms with van der Waals surface area (Å²) in [6.07, 6.45) is -4.70. The number of alkyl halides is 3. The fourth-order valence-electron chi connectivity index (χ4n) is 0.782. The first kappa shape index (κ1) is 16.1. The second-order valence-electron chi connectivity index (χ2n) is 2.56. The summed E-state index contributed by atoms with van der Waals surface area (Å²) in [4.78, 5) is 3.17. The molecule has 0 saturated carbocycles. The van der Waals surface area contributed by atoms with Gasteiger partial charge in [0.25, 0.3) is 10.0 Å². The largest absolute Gasteiger partial charge is 0.416 e. The van der Waals surface area contributed by atoms with E-state index in [1.165, 1.54) is 0 Å². The zero-order chi connectivity index (χ0) is 11.9. The van der Waals surface area contributed by atoms with Crippen molar-refractivity contribution in [1.82, 2.24) is 4.98 Å². The number of hydrogen-bond donors (Lipinski definition) is 1. The van der Waals surface area contributed by atoms with Crippen LogP contribution in [0, 0.1) is 0 Å². The quantitative estimate of drug-likeness (QED) is 0.618. The number of hydrogen-bond acceptors (Lipinski definition) is 3. The van der Waals surface area contributed by atoms with Crippen LogP contribution in [-0.2, 0) is 16.2 Å². The van der Waals surface area contributed by atoms with Gasteiger partial charge in [0.05, 0.1) is 5.56 Å². The van der Waals surface area contributed by atoms with Gasteiger partial charge in [0.1, 0.15) is 5.15 Å². The number of primary sulfonamides is 1. The van der Waals surface area contributed by atoms with Crippen molar-refractivity contribution >= 4 is 51.2 Å². The van der Waals surface area contributed by atoms with E-state index in [2.05, 4.69) is 10.1 Å². The number of sulfonamides is 1. The molecular formula is C6H4ClF3N2NaO2S. The maximum atomic E-state index is 12.2. The molecule has 1 heterocycles. The van der Waals surface area contributed by atoms with Crippen LogP contribution in [0.5, 0.6) is 0 Å². The molecule has 0 unspecified atom stereocenters. The molecule has 0 amide bonds. The fourth-order valence-corrected chi connectivity index (χ4v) is 1.56. The molecule has 1 radical (unpaired) electrons. The zero-order valence-corrected chi connectivity index (χ0v) is 11.5. The van der Waals surface area contributed by atoms with Gasteiger partial charge in [-0.2, -0.15) is 13.2 Å². The summed E-state index contributed by atoms with van der Waals surface area (Å²) in [5.74, 6) is 0. The Morgan fingerprint density at radius 2 is 1.81 bits per heavy atom. The summed E-state index contributed by atoms with van der Waals surface area (Å²) >= 11 is 5.23. The van der Waals surface area contributed by atoms with E-state index < -0.39 is 31.9 Å². The van der Waals surface area contributed by atoms with E-state index in [9.17, 15) is 21.6 Å². The Balaban J connectivity index is 0.00000225. The van der Waals surface area contributed by atoms with Crippen LogP contribution >= 0.6 is 11.6 Å². The minimum atomic E-state index is -4.70. The van der Waals surface area contributed by atoms with Gasteiger partial charge >= 0.3 is 6.18 Å². The molecule has 0 aliphatic heterocycles. The van der Waals surface area contributed by atoms with E-state index in [-0.39, 0.29) is 29.6 Å². The molecule has 0 aliphatic carbocycles. The average Bonchev–Trinajstić information content (AvgIpc) is 1.99. The second-order valence-corrected chi connectivity index (χ2v) is 4.46. The molecule has 0 saturated heterocycles. The predicted octanol–water partition coefficient (Wildman–Crippen LogP) is 1.02. The van der Waals surface area contributed by atoms with Crippen LogP contribution in [0.25, 0.3) is 0 Å². The summed E-state index contributed by atoms with van der Waals surface area (Å²) in [5, 5.41) is 3.12. The average molecular weight is 284 g/mol. The molecule has 85 valence electrons. The molecule has 1 aromatic rings. The summed E-state index contributed by atoms with van der Waals surface area (Å²) in [6.45, 7) is 0. The molecular weight excluding hydrogens is 280 g/mol. The topological polar surface area (TPSA) is 73.1 Å². The van der Waals surface area contributed by atoms with Crippen LogP contribution in [0.3, 0.4) is 0 Å². The summed E-state index contributed by atoms with van der Waals surface area (Å²) < 4.78 is 58.1. The van der Waals surface area contributed by atoms with Crippen LogP contribution in [0.4, 0.5) is 13.2 Å². The first-order valence-electron chi connectivity index (χ1n) is 3.38. The first-order chi connectivity index (χ1) is 6.60. The van der Waals surface area contributed by atoms with Gasteiger partial charge in [-0.3, -0.25) is 0 Å². The Morgan fingerprint density at radius 1 is 1.31 bits per heavy atom. The number of rotatable bonds is 1. The first-order valence-corrected chi connectivity index (χ1v) is 5.31. The van der Waals surface area contributed by atoms with E-state index >= 15 is 0 Å². The van der Waals surface area contributed by atoms with Crippen molar-refractivity contribution in [1.29, 1.82) is 0 Å². The molecule has 1 aromatic heterocycles. The summed E-state index contributed by atoms with van der Waals surface area (Å²) in [7, 11) is -4.30. The van der Waals surface area contributed by atoms with Crippen molar-refractivity contribution in [2.75, 3.05) is 0 Å². The maximum Gasteiger partial charge on any atom is 0.416 e. The molecule has 0 fully saturated rings. The molecule has 0 aliphatic rings. The Hall–Kier alpha value is 0.140. The molecule has 0 spiro atoms. The van der Waals surface area contributed by atoms with Gasteiger partial charge in [0.2, 0.25) is 0 Å². The molecule has 16 heavy (non-hydrogen) atoms. The third-order valence-corrected chi connectivity index (χ3v) is 2.38. The second kappa shape index (κ2) is 5.19. The van der Waals surface area contributed by atoms with Crippen molar-refractivity contribution in [3.63, 3.8) is 0 Å². The normalized spacial score (nSPS) is 12.1. The smallest absolute Gasteiger partial charge is 0.223 e. The van der Waals surface area contributed by atoms with Crippen molar-refractivity contribution in [3.8, 4) is 0 Å². The van der Waals surface area contributed by atoms with Crippen LogP contribution in [0.15, 0.2) is 17.2 Å². The van der Waals surface area contributed by atoms with Gasteiger partial charge < -0.3 is 0 Å². The van der Waals surface area contributed by atoms with Gasteiger partial charge in [-0.1, -0.05) is 11.6 Å². The van der Waals surface area contributed by atoms with Gasteiger partial charge in [0.15, 0.2) is 5.03 Å². The molecule has 2 N–H and O–H groups in total. The van der Waals surface area contributed by atoms with Gasteiger partial charge in [-0.15, -0.1) is 0 Å². The van der Waals surface area contributed by atoms with Crippen LogP contribution < -0.4 is 5.14 Å². The standard InChI is InChI=1S/C6H4ClF3N2O2S.Na/c7-4-1-3(6(8,9)10)2-5(12-4)15(11,13)14;/h1-2H,(H2,11,13,14);. The van der Waals surface area contributed by atoms with Crippen molar-refractivity contribution in [2.24, 2.45) is 5.14 Å². The molecule has 0 atom stereocenters. The van der Waals surface area contributed by atoms with E-state index in [4.69, 9.17) is 11.6 Å². The van der Waals surface area contributed by atoms with Gasteiger partial charge in [0, 0.05) is 29.6 Å². The van der Waals surface area contributed by atoms with Crippen molar-refractivity contribution < 1.29 is 21.6 Å². The third kappa shape index (κ3) is 4.19. The van der Waals surface area contributed by atoms with Crippen LogP contribution in [-0.4, -0.2) is 43.0 Å². The molecule has 1 rings (SSSR count). The summed E-state index contributed by atoms with van der Waals surface area (Å²) in [5.41, 5.74) is -1.22. The molecule has 10 heteroatoms. The SMILES string of the molecule is NS(=O)(=O)c1cc(C(F)(F)F)cc(Cl)n1.[Na]. The van der Waals surface area contributed by atoms with Crippen molar-refractivity contribution in [2.45, 2.75) is 11.2 Å². The number of halogens is 4. The van der Waals surface area contributed by atoms with E-state index in [1.54, 1.807) is 0 Å². The maximum absolute atomic E-state index is 12.2. The summed E-state index contributed by atoms with van der Waals surface area (Å²) in [6, 6.07) is 0.831. The molecule has 0 bridgehead atoms. The van der Waals surface area contributed by atoms with Gasteiger partial charge in [-0.25, -0.2) is 18.5 Å².